The van der Waals surface area contributed by atoms with Crippen molar-refractivity contribution >= 4 is 53.5 Å². The number of alkyl halides is 1. The van der Waals surface area contributed by atoms with E-state index < -0.39 is 46.7 Å². The van der Waals surface area contributed by atoms with Gasteiger partial charge in [-0.05, 0) is 0 Å². The molecule has 226 valence electrons. The normalized spacial score (nSPS) is 15.4. The number of halogens is 1. The summed E-state index contributed by atoms with van der Waals surface area (Å²) in [6.45, 7) is 13.2. The molecule has 0 fully saturated rings. The first kappa shape index (κ1) is 37.5. The standard InChI is InChI=1S/C29H51IN2O7/c1-19(2)16-29(7,17-23(34)20(3)4)25(36)15-22(10-9-13-31)27(39)30(32-8)28(5,6)24(35)14-21(18-33)11-12-26(37)38/h18-22,32H,9-17,31H2,1-8H3,(H,37,38)/t21-,22+,29+/m0/s1. The summed E-state index contributed by atoms with van der Waals surface area (Å²) in [5, 5.41) is 8.93. The number of carbonyl (C=O) groups is 6. The molecule has 0 aliphatic rings. The Morgan fingerprint density at radius 2 is 1.56 bits per heavy atom. The number of carbonyl (C=O) groups excluding carboxylic acids is 5. The maximum atomic E-state index is 14.0. The van der Waals surface area contributed by atoms with Crippen molar-refractivity contribution in [1.82, 2.24) is 3.53 Å². The Kier molecular flexibility index (Phi) is 16.6. The summed E-state index contributed by atoms with van der Waals surface area (Å²) in [6, 6.07) is 0. The molecule has 4 N–H and O–H groups in total. The summed E-state index contributed by atoms with van der Waals surface area (Å²) in [4.78, 5) is 76.1. The van der Waals surface area contributed by atoms with Gasteiger partial charge in [0.05, 0.1) is 0 Å². The van der Waals surface area contributed by atoms with E-state index in [9.17, 15) is 28.8 Å². The van der Waals surface area contributed by atoms with Crippen LogP contribution in [0.3, 0.4) is 0 Å². The molecule has 0 bridgehead atoms. The molecule has 0 aromatic carbocycles. The molecule has 0 saturated heterocycles. The molecule has 0 unspecified atom stereocenters. The number of nitrogens with two attached hydrogens (primary N) is 1. The molecule has 3 atom stereocenters. The van der Waals surface area contributed by atoms with Gasteiger partial charge in [-0.1, -0.05) is 0 Å². The fourth-order valence-corrected chi connectivity index (χ4v) is 10.2. The number of Topliss-reactive ketones (excluding diaryl/α,β-unsaturated/α-hetero) is 3. The third-order valence-corrected chi connectivity index (χ3v) is 13.5. The molecule has 0 saturated carbocycles. The number of ketones is 3. The van der Waals surface area contributed by atoms with Gasteiger partial charge in [0.25, 0.3) is 0 Å². The van der Waals surface area contributed by atoms with Crippen molar-refractivity contribution in [3.8, 4) is 0 Å². The predicted octanol–water partition coefficient (Wildman–Crippen LogP) is 4.55. The summed E-state index contributed by atoms with van der Waals surface area (Å²) in [5.41, 5.74) is 4.86. The molecular weight excluding hydrogens is 615 g/mol. The Morgan fingerprint density at radius 3 is 2.00 bits per heavy atom. The first-order valence-corrected chi connectivity index (χ1v) is 17.1. The summed E-state index contributed by atoms with van der Waals surface area (Å²) in [7, 11) is 1.64. The quantitative estimate of drug-likeness (QED) is 0.0495. The van der Waals surface area contributed by atoms with Crippen LogP contribution in [-0.2, 0) is 28.8 Å². The predicted molar refractivity (Wildman–Crippen MR) is 162 cm³/mol. The SMILES string of the molecule is CNI(C(=O)[C@H](CCCN)CC(=O)[C@@](C)(CC(=O)C(C)C)CC(C)C)C(C)(C)C(=O)C[C@@H](C=O)CCC(=O)O. The van der Waals surface area contributed by atoms with Gasteiger partial charge >= 0.3 is 243 Å². The molecule has 0 radical (unpaired) electrons. The fourth-order valence-electron chi connectivity index (χ4n) is 4.73. The average molecular weight is 667 g/mol. The summed E-state index contributed by atoms with van der Waals surface area (Å²) in [5.74, 6) is -2.79. The molecule has 10 heteroatoms. The number of carboxylic acids is 1. The first-order valence-electron chi connectivity index (χ1n) is 13.8. The van der Waals surface area contributed by atoms with Crippen molar-refractivity contribution in [3.05, 3.63) is 0 Å². The molecular formula is C29H51IN2O7. The van der Waals surface area contributed by atoms with Gasteiger partial charge in [-0.15, -0.1) is 0 Å². The van der Waals surface area contributed by atoms with Gasteiger partial charge < -0.3 is 0 Å². The monoisotopic (exact) mass is 666 g/mol. The minimum absolute atomic E-state index is 0.0110. The van der Waals surface area contributed by atoms with Crippen molar-refractivity contribution in [2.24, 2.45) is 34.8 Å². The van der Waals surface area contributed by atoms with E-state index in [0.717, 1.165) is 0 Å². The fraction of sp³-hybridized carbons (Fsp3) is 0.793. The first-order chi connectivity index (χ1) is 18.0. The van der Waals surface area contributed by atoms with Crippen molar-refractivity contribution in [2.75, 3.05) is 13.6 Å². The third kappa shape index (κ3) is 12.3. The van der Waals surface area contributed by atoms with Gasteiger partial charge in [-0.3, -0.25) is 0 Å². The molecule has 0 aliphatic carbocycles. The van der Waals surface area contributed by atoms with Gasteiger partial charge in [0.2, 0.25) is 0 Å². The van der Waals surface area contributed by atoms with Gasteiger partial charge in [0.15, 0.2) is 0 Å². The molecule has 0 aromatic rings. The van der Waals surface area contributed by atoms with Gasteiger partial charge in [-0.25, -0.2) is 0 Å². The van der Waals surface area contributed by atoms with E-state index in [1.165, 1.54) is 0 Å². The Balaban J connectivity index is 6.05. The Morgan fingerprint density at radius 1 is 0.974 bits per heavy atom. The zero-order valence-corrected chi connectivity index (χ0v) is 27.3. The van der Waals surface area contributed by atoms with Crippen LogP contribution in [0.2, 0.25) is 0 Å². The Bertz CT molecular complexity index is 872. The number of rotatable bonds is 22. The summed E-state index contributed by atoms with van der Waals surface area (Å²) < 4.78 is 1.94. The summed E-state index contributed by atoms with van der Waals surface area (Å²) in [6.07, 6.45) is 1.90. The number of aldehydes is 1. The number of nitrogens with one attached hydrogen (secondary N) is 1. The topological polar surface area (TPSA) is 161 Å². The molecule has 9 nitrogen and oxygen atoms in total. The van der Waals surface area contributed by atoms with Crippen molar-refractivity contribution < 1.29 is 33.9 Å². The van der Waals surface area contributed by atoms with Crippen LogP contribution < -0.4 is 9.26 Å². The second-order valence-electron chi connectivity index (χ2n) is 11.9. The Hall–Kier alpha value is -1.53. The number of hydrogen-bond donors (Lipinski definition) is 3. The van der Waals surface area contributed by atoms with E-state index in [4.69, 9.17) is 10.8 Å². The van der Waals surface area contributed by atoms with Crippen LogP contribution in [-0.4, -0.2) is 55.5 Å². The zero-order chi connectivity index (χ0) is 30.6. The van der Waals surface area contributed by atoms with Gasteiger partial charge in [0, 0.05) is 0 Å². The second-order valence-corrected chi connectivity index (χ2v) is 18.4. The van der Waals surface area contributed by atoms with Gasteiger partial charge in [-0.2, -0.15) is 0 Å². The Labute approximate surface area is 241 Å². The van der Waals surface area contributed by atoms with Crippen LogP contribution >= 0.6 is 20.1 Å². The maximum absolute atomic E-state index is 14.0. The number of carboxylic acid groups (broad SMARTS) is 1. The van der Waals surface area contributed by atoms with Crippen LogP contribution in [0.5, 0.6) is 0 Å². The molecule has 0 rings (SSSR count). The third-order valence-electron chi connectivity index (χ3n) is 7.13. The molecule has 0 aliphatic heterocycles. The molecule has 0 amide bonds. The van der Waals surface area contributed by atoms with E-state index in [2.05, 4.69) is 3.53 Å². The van der Waals surface area contributed by atoms with E-state index in [0.29, 0.717) is 32.1 Å². The van der Waals surface area contributed by atoms with Crippen molar-refractivity contribution in [2.45, 2.75) is 103 Å². The zero-order valence-electron chi connectivity index (χ0n) is 25.1. The molecule has 0 spiro atoms. The molecule has 0 aromatic heterocycles. The molecule has 0 heterocycles. The van der Waals surface area contributed by atoms with Crippen LogP contribution in [0.25, 0.3) is 0 Å². The van der Waals surface area contributed by atoms with Crippen LogP contribution in [0.1, 0.15) is 99.8 Å². The molecule has 39 heavy (non-hydrogen) atoms. The minimum atomic E-state index is -2.93. The van der Waals surface area contributed by atoms with Crippen LogP contribution in [0.15, 0.2) is 0 Å². The summed E-state index contributed by atoms with van der Waals surface area (Å²) >= 11 is -2.93. The van der Waals surface area contributed by atoms with E-state index in [1.54, 1.807) is 20.9 Å². The van der Waals surface area contributed by atoms with E-state index in [1.807, 2.05) is 34.6 Å². The average Bonchev–Trinajstić information content (AvgIpc) is 2.83. The van der Waals surface area contributed by atoms with Crippen LogP contribution in [0, 0.1) is 29.1 Å². The number of hydrogen-bond acceptors (Lipinski definition) is 8. The second kappa shape index (κ2) is 17.3. The van der Waals surface area contributed by atoms with Crippen molar-refractivity contribution in [3.63, 3.8) is 0 Å². The number of aliphatic carboxylic acids is 1. The van der Waals surface area contributed by atoms with Gasteiger partial charge in [0.1, 0.15) is 0 Å². The van der Waals surface area contributed by atoms with E-state index >= 15 is 0 Å². The van der Waals surface area contributed by atoms with Crippen molar-refractivity contribution in [1.29, 1.82) is 0 Å². The van der Waals surface area contributed by atoms with E-state index in [-0.39, 0.29) is 65.1 Å². The van der Waals surface area contributed by atoms with Crippen LogP contribution in [0.4, 0.5) is 0 Å².